The molecular formula is C12H16N4OS. The van der Waals surface area contributed by atoms with Crippen LogP contribution >= 0.6 is 11.3 Å². The van der Waals surface area contributed by atoms with E-state index >= 15 is 0 Å². The summed E-state index contributed by atoms with van der Waals surface area (Å²) in [6.07, 6.45) is 0. The molecule has 6 heteroatoms. The van der Waals surface area contributed by atoms with E-state index in [1.54, 1.807) is 11.3 Å². The van der Waals surface area contributed by atoms with Crippen LogP contribution in [0, 0.1) is 13.8 Å². The molecule has 96 valence electrons. The summed E-state index contributed by atoms with van der Waals surface area (Å²) < 4.78 is 5.39. The molecule has 0 radical (unpaired) electrons. The van der Waals surface area contributed by atoms with Crippen LogP contribution in [0.2, 0.25) is 0 Å². The molecule has 2 heterocycles. The molecule has 5 nitrogen and oxygen atoms in total. The molecule has 0 fully saturated rings. The smallest absolute Gasteiger partial charge is 0.226 e. The first-order valence-corrected chi connectivity index (χ1v) is 6.68. The molecular weight excluding hydrogens is 248 g/mol. The molecule has 1 N–H and O–H groups in total. The minimum atomic E-state index is 0.589. The molecule has 18 heavy (non-hydrogen) atoms. The van der Waals surface area contributed by atoms with Crippen LogP contribution in [0.1, 0.15) is 23.2 Å². The Bertz CT molecular complexity index is 527. The van der Waals surface area contributed by atoms with Gasteiger partial charge in [-0.3, -0.25) is 0 Å². The summed E-state index contributed by atoms with van der Waals surface area (Å²) in [6, 6.07) is 1.83. The Balaban J connectivity index is 2.07. The third-order valence-electron chi connectivity index (χ3n) is 2.37. The molecule has 0 aliphatic heterocycles. The zero-order valence-corrected chi connectivity index (χ0v) is 11.5. The monoisotopic (exact) mass is 264 g/mol. The molecule has 0 saturated heterocycles. The second kappa shape index (κ2) is 5.77. The van der Waals surface area contributed by atoms with Crippen LogP contribution in [0.25, 0.3) is 0 Å². The maximum absolute atomic E-state index is 5.39. The molecule has 0 unspecified atom stereocenters. The lowest BCUT2D eigenvalue weighted by atomic mass is 10.4. The highest BCUT2D eigenvalue weighted by Gasteiger charge is 2.05. The quantitative estimate of drug-likeness (QED) is 0.899. The van der Waals surface area contributed by atoms with E-state index in [1.165, 1.54) is 4.88 Å². The molecule has 2 aromatic heterocycles. The minimum absolute atomic E-state index is 0.589. The Morgan fingerprint density at radius 3 is 2.83 bits per heavy atom. The van der Waals surface area contributed by atoms with Gasteiger partial charge in [-0.2, -0.15) is 4.98 Å². The number of nitrogens with zero attached hydrogens (tertiary/aromatic N) is 3. The fourth-order valence-corrected chi connectivity index (χ4v) is 2.21. The van der Waals surface area contributed by atoms with E-state index in [-0.39, 0.29) is 0 Å². The van der Waals surface area contributed by atoms with Gasteiger partial charge in [0.1, 0.15) is 0 Å². The number of anilines is 1. The highest BCUT2D eigenvalue weighted by atomic mass is 32.1. The van der Waals surface area contributed by atoms with Gasteiger partial charge in [-0.15, -0.1) is 11.3 Å². The Morgan fingerprint density at radius 1 is 1.33 bits per heavy atom. The van der Waals surface area contributed by atoms with Gasteiger partial charge in [0.25, 0.3) is 0 Å². The number of rotatable bonds is 5. The molecule has 0 atom stereocenters. The number of aryl methyl sites for hydroxylation is 2. The van der Waals surface area contributed by atoms with Crippen molar-refractivity contribution in [3.63, 3.8) is 0 Å². The van der Waals surface area contributed by atoms with Crippen LogP contribution in [0.3, 0.4) is 0 Å². The first kappa shape index (κ1) is 12.8. The lowest BCUT2D eigenvalue weighted by molar-refractivity contribution is 0.326. The Morgan fingerprint density at radius 2 is 2.17 bits per heavy atom. The zero-order chi connectivity index (χ0) is 13.0. The van der Waals surface area contributed by atoms with Crippen molar-refractivity contribution in [1.29, 1.82) is 0 Å². The number of ether oxygens (including phenoxy) is 1. The van der Waals surface area contributed by atoms with Crippen molar-refractivity contribution < 1.29 is 4.74 Å². The summed E-state index contributed by atoms with van der Waals surface area (Å²) in [6.45, 7) is 7.14. The van der Waals surface area contributed by atoms with E-state index in [4.69, 9.17) is 4.74 Å². The highest BCUT2D eigenvalue weighted by Crippen LogP contribution is 2.16. The van der Waals surface area contributed by atoms with Crippen LogP contribution in [0.5, 0.6) is 5.88 Å². The molecule has 2 aromatic rings. The third-order valence-corrected chi connectivity index (χ3v) is 3.31. The number of hydrogen-bond donors (Lipinski definition) is 1. The number of aromatic nitrogens is 3. The number of nitrogens with one attached hydrogen (secondary N) is 1. The van der Waals surface area contributed by atoms with E-state index in [2.05, 4.69) is 20.3 Å². The zero-order valence-electron chi connectivity index (χ0n) is 10.7. The molecule has 0 aliphatic carbocycles. The van der Waals surface area contributed by atoms with Gasteiger partial charge in [0.05, 0.1) is 24.4 Å². The normalized spacial score (nSPS) is 10.4. The van der Waals surface area contributed by atoms with E-state index < -0.39 is 0 Å². The lowest BCUT2D eigenvalue weighted by Crippen LogP contribution is -2.06. The van der Waals surface area contributed by atoms with Crippen molar-refractivity contribution >= 4 is 17.3 Å². The molecule has 0 aromatic carbocycles. The Labute approximate surface area is 110 Å². The second-order valence-electron chi connectivity index (χ2n) is 3.82. The van der Waals surface area contributed by atoms with Crippen molar-refractivity contribution in [2.75, 3.05) is 11.9 Å². The summed E-state index contributed by atoms with van der Waals surface area (Å²) in [5.74, 6) is 1.19. The first-order valence-electron chi connectivity index (χ1n) is 5.80. The summed E-state index contributed by atoms with van der Waals surface area (Å²) in [5.41, 5.74) is 3.77. The fourth-order valence-electron chi connectivity index (χ4n) is 1.50. The van der Waals surface area contributed by atoms with Crippen LogP contribution in [-0.4, -0.2) is 21.6 Å². The summed E-state index contributed by atoms with van der Waals surface area (Å²) in [7, 11) is 0. The first-order chi connectivity index (χ1) is 8.69. The topological polar surface area (TPSA) is 59.9 Å². The molecule has 0 saturated carbocycles. The Kier molecular flexibility index (Phi) is 4.09. The van der Waals surface area contributed by atoms with Crippen LogP contribution in [0.15, 0.2) is 11.6 Å². The van der Waals surface area contributed by atoms with Crippen LogP contribution in [0.4, 0.5) is 5.95 Å². The largest absolute Gasteiger partial charge is 0.478 e. The Hall–Kier alpha value is -1.69. The van der Waals surface area contributed by atoms with Gasteiger partial charge in [0, 0.05) is 16.6 Å². The van der Waals surface area contributed by atoms with Gasteiger partial charge in [-0.25, -0.2) is 9.97 Å². The van der Waals surface area contributed by atoms with E-state index in [9.17, 15) is 0 Å². The van der Waals surface area contributed by atoms with Crippen molar-refractivity contribution in [2.45, 2.75) is 27.3 Å². The average molecular weight is 264 g/mol. The molecule has 0 spiro atoms. The van der Waals surface area contributed by atoms with Gasteiger partial charge in [0.15, 0.2) is 0 Å². The van der Waals surface area contributed by atoms with E-state index in [0.717, 1.165) is 11.4 Å². The van der Waals surface area contributed by atoms with Gasteiger partial charge in [-0.1, -0.05) is 0 Å². The van der Waals surface area contributed by atoms with Crippen molar-refractivity contribution in [2.24, 2.45) is 0 Å². The summed E-state index contributed by atoms with van der Waals surface area (Å²) in [4.78, 5) is 14.0. The maximum atomic E-state index is 5.39. The predicted molar refractivity (Wildman–Crippen MR) is 72.1 cm³/mol. The highest BCUT2D eigenvalue weighted by molar-refractivity contribution is 7.09. The van der Waals surface area contributed by atoms with Crippen molar-refractivity contribution in [1.82, 2.24) is 15.0 Å². The summed E-state index contributed by atoms with van der Waals surface area (Å²) in [5, 5.41) is 3.20. The van der Waals surface area contributed by atoms with Gasteiger partial charge < -0.3 is 10.1 Å². The molecule has 0 bridgehead atoms. The number of thiazole rings is 1. The SMILES string of the molecule is CCOc1cc(C)nc(NCc2scnc2C)n1. The maximum Gasteiger partial charge on any atom is 0.226 e. The van der Waals surface area contributed by atoms with Gasteiger partial charge in [0.2, 0.25) is 11.8 Å². The van der Waals surface area contributed by atoms with Gasteiger partial charge in [-0.05, 0) is 20.8 Å². The van der Waals surface area contributed by atoms with E-state index in [0.29, 0.717) is 25.0 Å². The molecule has 0 aliphatic rings. The molecule has 2 rings (SSSR count). The summed E-state index contributed by atoms with van der Waals surface area (Å²) >= 11 is 1.63. The standard InChI is InChI=1S/C12H16N4OS/c1-4-17-11-5-8(2)15-12(16-11)13-6-10-9(3)14-7-18-10/h5,7H,4,6H2,1-3H3,(H,13,15,16). The molecule has 0 amide bonds. The fraction of sp³-hybridized carbons (Fsp3) is 0.417. The average Bonchev–Trinajstić information content (AvgIpc) is 2.72. The van der Waals surface area contributed by atoms with Gasteiger partial charge >= 0.3 is 0 Å². The van der Waals surface area contributed by atoms with Crippen molar-refractivity contribution in [3.8, 4) is 5.88 Å². The van der Waals surface area contributed by atoms with E-state index in [1.807, 2.05) is 32.3 Å². The lowest BCUT2D eigenvalue weighted by Gasteiger charge is -2.07. The predicted octanol–water partition coefficient (Wildman–Crippen LogP) is 2.56. The third kappa shape index (κ3) is 3.16. The number of hydrogen-bond acceptors (Lipinski definition) is 6. The minimum Gasteiger partial charge on any atom is -0.478 e. The van der Waals surface area contributed by atoms with Crippen LogP contribution < -0.4 is 10.1 Å². The van der Waals surface area contributed by atoms with Crippen LogP contribution in [-0.2, 0) is 6.54 Å². The second-order valence-corrected chi connectivity index (χ2v) is 4.76. The van der Waals surface area contributed by atoms with Crippen molar-refractivity contribution in [3.05, 3.63) is 27.8 Å².